The maximum atomic E-state index is 12.8. The molecule has 2 rings (SSSR count). The van der Waals surface area contributed by atoms with Crippen molar-refractivity contribution in [2.75, 3.05) is 5.73 Å². The van der Waals surface area contributed by atoms with E-state index in [9.17, 15) is 4.39 Å². The van der Waals surface area contributed by atoms with Gasteiger partial charge in [-0.3, -0.25) is 0 Å². The molecule has 0 atom stereocenters. The van der Waals surface area contributed by atoms with E-state index in [0.717, 1.165) is 11.1 Å². The zero-order chi connectivity index (χ0) is 12.3. The Morgan fingerprint density at radius 2 is 1.71 bits per heavy atom. The van der Waals surface area contributed by atoms with E-state index < -0.39 is 0 Å². The summed E-state index contributed by atoms with van der Waals surface area (Å²) in [5.74, 6) is -0.328. The van der Waals surface area contributed by atoms with Crippen LogP contribution in [0.4, 0.5) is 10.1 Å². The van der Waals surface area contributed by atoms with E-state index in [-0.39, 0.29) is 5.82 Å². The van der Waals surface area contributed by atoms with E-state index in [0.29, 0.717) is 10.7 Å². The summed E-state index contributed by atoms with van der Waals surface area (Å²) in [5.41, 5.74) is 7.93. The lowest BCUT2D eigenvalue weighted by Gasteiger charge is -2.00. The van der Waals surface area contributed by atoms with E-state index in [1.807, 2.05) is 36.4 Å². The van der Waals surface area contributed by atoms with Crippen molar-refractivity contribution < 1.29 is 4.39 Å². The Hall–Kier alpha value is -1.80. The van der Waals surface area contributed by atoms with Gasteiger partial charge in [-0.1, -0.05) is 42.0 Å². The summed E-state index contributed by atoms with van der Waals surface area (Å²) in [6.07, 6.45) is 3.75. The molecule has 0 aliphatic carbocycles. The van der Waals surface area contributed by atoms with Crippen molar-refractivity contribution >= 4 is 29.4 Å². The molecule has 0 unspecified atom stereocenters. The van der Waals surface area contributed by atoms with Gasteiger partial charge in [0.2, 0.25) is 0 Å². The second kappa shape index (κ2) is 5.02. The van der Waals surface area contributed by atoms with Gasteiger partial charge in [-0.25, -0.2) is 4.39 Å². The summed E-state index contributed by atoms with van der Waals surface area (Å²) in [6, 6.07) is 11.8. The SMILES string of the molecule is Nc1cc(F)ccc1C=Cc1ccc(Cl)cc1. The van der Waals surface area contributed by atoms with Crippen LogP contribution >= 0.6 is 11.6 Å². The molecule has 0 aromatic heterocycles. The summed E-state index contributed by atoms with van der Waals surface area (Å²) in [7, 11) is 0. The zero-order valence-electron chi connectivity index (χ0n) is 9.03. The smallest absolute Gasteiger partial charge is 0.125 e. The fourth-order valence-electron chi connectivity index (χ4n) is 1.46. The molecule has 17 heavy (non-hydrogen) atoms. The first-order chi connectivity index (χ1) is 8.15. The highest BCUT2D eigenvalue weighted by molar-refractivity contribution is 6.30. The van der Waals surface area contributed by atoms with Crippen LogP contribution in [0, 0.1) is 5.82 Å². The van der Waals surface area contributed by atoms with Gasteiger partial charge < -0.3 is 5.73 Å². The third-order valence-electron chi connectivity index (χ3n) is 2.37. The van der Waals surface area contributed by atoms with Crippen molar-refractivity contribution in [3.8, 4) is 0 Å². The number of hydrogen-bond acceptors (Lipinski definition) is 1. The van der Waals surface area contributed by atoms with Crippen molar-refractivity contribution in [2.24, 2.45) is 0 Å². The first-order valence-electron chi connectivity index (χ1n) is 5.14. The molecule has 0 heterocycles. The maximum Gasteiger partial charge on any atom is 0.125 e. The monoisotopic (exact) mass is 247 g/mol. The van der Waals surface area contributed by atoms with E-state index in [1.54, 1.807) is 6.07 Å². The van der Waals surface area contributed by atoms with Gasteiger partial charge >= 0.3 is 0 Å². The van der Waals surface area contributed by atoms with Gasteiger partial charge in [0.1, 0.15) is 5.82 Å². The number of anilines is 1. The molecule has 0 spiro atoms. The van der Waals surface area contributed by atoms with Gasteiger partial charge in [-0.05, 0) is 35.4 Å². The lowest BCUT2D eigenvalue weighted by atomic mass is 10.1. The molecule has 2 aromatic rings. The lowest BCUT2D eigenvalue weighted by Crippen LogP contribution is -1.89. The summed E-state index contributed by atoms with van der Waals surface area (Å²) in [4.78, 5) is 0. The second-order valence-electron chi connectivity index (χ2n) is 3.66. The molecular formula is C14H11ClFN. The number of benzene rings is 2. The Morgan fingerprint density at radius 3 is 2.35 bits per heavy atom. The highest BCUT2D eigenvalue weighted by Crippen LogP contribution is 2.17. The van der Waals surface area contributed by atoms with Crippen LogP contribution in [0.1, 0.15) is 11.1 Å². The van der Waals surface area contributed by atoms with Gasteiger partial charge in [-0.15, -0.1) is 0 Å². The van der Waals surface area contributed by atoms with Gasteiger partial charge in [0.15, 0.2) is 0 Å². The molecule has 0 radical (unpaired) electrons. The quantitative estimate of drug-likeness (QED) is 0.624. The average Bonchev–Trinajstić information content (AvgIpc) is 2.30. The Balaban J connectivity index is 2.23. The normalized spacial score (nSPS) is 10.9. The van der Waals surface area contributed by atoms with Gasteiger partial charge in [0.05, 0.1) is 0 Å². The standard InChI is InChI=1S/C14H11ClFN/c15-12-6-2-10(3-7-12)1-4-11-5-8-13(16)9-14(11)17/h1-9H,17H2. The Morgan fingerprint density at radius 1 is 1.00 bits per heavy atom. The number of nitrogen functional groups attached to an aromatic ring is 1. The van der Waals surface area contributed by atoms with Crippen molar-refractivity contribution in [3.05, 3.63) is 64.4 Å². The van der Waals surface area contributed by atoms with Crippen LogP contribution in [0.5, 0.6) is 0 Å². The Bertz CT molecular complexity index is 547. The van der Waals surface area contributed by atoms with E-state index in [1.165, 1.54) is 12.1 Å². The highest BCUT2D eigenvalue weighted by atomic mass is 35.5. The fraction of sp³-hybridized carbons (Fsp3) is 0. The van der Waals surface area contributed by atoms with Gasteiger partial charge in [0, 0.05) is 10.7 Å². The number of halogens is 2. The topological polar surface area (TPSA) is 26.0 Å². The minimum Gasteiger partial charge on any atom is -0.398 e. The van der Waals surface area contributed by atoms with Crippen molar-refractivity contribution in [3.63, 3.8) is 0 Å². The average molecular weight is 248 g/mol. The van der Waals surface area contributed by atoms with Crippen LogP contribution in [0.15, 0.2) is 42.5 Å². The number of hydrogen-bond donors (Lipinski definition) is 1. The third kappa shape index (κ3) is 3.08. The number of nitrogens with two attached hydrogens (primary N) is 1. The zero-order valence-corrected chi connectivity index (χ0v) is 9.79. The number of rotatable bonds is 2. The Labute approximate surface area is 104 Å². The van der Waals surface area contributed by atoms with Crippen LogP contribution in [0.2, 0.25) is 5.02 Å². The summed E-state index contributed by atoms with van der Waals surface area (Å²) < 4.78 is 12.8. The summed E-state index contributed by atoms with van der Waals surface area (Å²) in [6.45, 7) is 0. The molecular weight excluding hydrogens is 237 g/mol. The summed E-state index contributed by atoms with van der Waals surface area (Å²) >= 11 is 5.79. The Kier molecular flexibility index (Phi) is 3.45. The maximum absolute atomic E-state index is 12.8. The second-order valence-corrected chi connectivity index (χ2v) is 4.09. The molecule has 3 heteroatoms. The van der Waals surface area contributed by atoms with Crippen molar-refractivity contribution in [1.29, 1.82) is 0 Å². The molecule has 0 saturated heterocycles. The van der Waals surface area contributed by atoms with E-state index in [4.69, 9.17) is 17.3 Å². The molecule has 2 N–H and O–H groups in total. The molecule has 1 nitrogen and oxygen atoms in total. The van der Waals surface area contributed by atoms with E-state index >= 15 is 0 Å². The molecule has 0 aliphatic rings. The fourth-order valence-corrected chi connectivity index (χ4v) is 1.58. The molecule has 0 saturated carbocycles. The first kappa shape index (κ1) is 11.7. The highest BCUT2D eigenvalue weighted by Gasteiger charge is 1.96. The summed E-state index contributed by atoms with van der Waals surface area (Å²) in [5, 5.41) is 0.698. The molecule has 0 amide bonds. The minimum absolute atomic E-state index is 0.328. The third-order valence-corrected chi connectivity index (χ3v) is 2.63. The van der Waals surface area contributed by atoms with Crippen molar-refractivity contribution in [2.45, 2.75) is 0 Å². The van der Waals surface area contributed by atoms with Crippen LogP contribution in [-0.4, -0.2) is 0 Å². The molecule has 0 fully saturated rings. The molecule has 0 aliphatic heterocycles. The molecule has 0 bridgehead atoms. The van der Waals surface area contributed by atoms with Gasteiger partial charge in [0.25, 0.3) is 0 Å². The lowest BCUT2D eigenvalue weighted by molar-refractivity contribution is 0.628. The van der Waals surface area contributed by atoms with E-state index in [2.05, 4.69) is 0 Å². The molecule has 2 aromatic carbocycles. The minimum atomic E-state index is -0.328. The molecule has 86 valence electrons. The van der Waals surface area contributed by atoms with Crippen LogP contribution in [0.25, 0.3) is 12.2 Å². The van der Waals surface area contributed by atoms with Crippen LogP contribution in [0.3, 0.4) is 0 Å². The van der Waals surface area contributed by atoms with Crippen LogP contribution in [-0.2, 0) is 0 Å². The van der Waals surface area contributed by atoms with Crippen LogP contribution < -0.4 is 5.73 Å². The van der Waals surface area contributed by atoms with Crippen molar-refractivity contribution in [1.82, 2.24) is 0 Å². The predicted molar refractivity (Wildman–Crippen MR) is 71.2 cm³/mol. The largest absolute Gasteiger partial charge is 0.398 e. The predicted octanol–water partition coefficient (Wildman–Crippen LogP) is 4.23. The van der Waals surface area contributed by atoms with Gasteiger partial charge in [-0.2, -0.15) is 0 Å². The first-order valence-corrected chi connectivity index (χ1v) is 5.51.